The lowest BCUT2D eigenvalue weighted by atomic mass is 10.0. The molecule has 0 rings (SSSR count). The normalized spacial score (nSPS) is 14.6. The topological polar surface area (TPSA) is 52.6 Å². The summed E-state index contributed by atoms with van der Waals surface area (Å²) in [4.78, 5) is 22.7. The maximum Gasteiger partial charge on any atom is 0.441 e. The molecule has 0 amide bonds. The number of halogens is 7. The van der Waals surface area contributed by atoms with E-state index < -0.39 is 46.3 Å². The van der Waals surface area contributed by atoms with Crippen molar-refractivity contribution in [3.05, 3.63) is 0 Å². The van der Waals surface area contributed by atoms with Gasteiger partial charge in [-0.1, -0.05) is 43.4 Å². The van der Waals surface area contributed by atoms with Crippen molar-refractivity contribution in [2.24, 2.45) is 5.92 Å². The summed E-state index contributed by atoms with van der Waals surface area (Å²) in [6.45, 7) is 1.46. The van der Waals surface area contributed by atoms with E-state index in [2.05, 4.69) is 9.47 Å². The Labute approximate surface area is 142 Å². The van der Waals surface area contributed by atoms with Crippen LogP contribution in [0.2, 0.25) is 0 Å². The Hall–Kier alpha value is -0.750. The van der Waals surface area contributed by atoms with Crippen LogP contribution in [-0.2, 0) is 19.1 Å². The lowest BCUT2D eigenvalue weighted by Crippen LogP contribution is -2.63. The Morgan fingerprint density at radius 1 is 1.00 bits per heavy atom. The van der Waals surface area contributed by atoms with Crippen LogP contribution in [0.4, 0.5) is 26.3 Å². The summed E-state index contributed by atoms with van der Waals surface area (Å²) in [5.41, 5.74) is -4.90. The molecule has 0 saturated carbocycles. The van der Waals surface area contributed by atoms with Crippen molar-refractivity contribution in [2.75, 3.05) is 6.61 Å². The van der Waals surface area contributed by atoms with Gasteiger partial charge in [-0.3, -0.25) is 9.59 Å². The second-order valence-electron chi connectivity index (χ2n) is 4.88. The van der Waals surface area contributed by atoms with Gasteiger partial charge in [0, 0.05) is 0 Å². The molecule has 0 saturated heterocycles. The molecular formula is C12H15F6IO4. The number of rotatable bonds is 6. The number of ether oxygens (including phenoxy) is 2. The molecule has 0 aliphatic carbocycles. The third kappa shape index (κ3) is 5.38. The van der Waals surface area contributed by atoms with Gasteiger partial charge < -0.3 is 9.47 Å². The molecule has 0 heterocycles. The minimum Gasteiger partial charge on any atom is -0.460 e. The smallest absolute Gasteiger partial charge is 0.441 e. The zero-order valence-corrected chi connectivity index (χ0v) is 14.5. The van der Waals surface area contributed by atoms with Gasteiger partial charge in [-0.05, 0) is 6.42 Å². The van der Waals surface area contributed by atoms with Crippen LogP contribution < -0.4 is 0 Å². The van der Waals surface area contributed by atoms with Crippen LogP contribution in [0.1, 0.15) is 27.2 Å². The number of esters is 2. The van der Waals surface area contributed by atoms with E-state index in [1.165, 1.54) is 29.5 Å². The molecule has 11 heteroatoms. The maximum atomic E-state index is 13.0. The van der Waals surface area contributed by atoms with Gasteiger partial charge >= 0.3 is 29.9 Å². The Morgan fingerprint density at radius 2 is 1.43 bits per heavy atom. The average molecular weight is 464 g/mol. The molecule has 0 N–H and O–H groups in total. The summed E-state index contributed by atoms with van der Waals surface area (Å²) < 4.78 is 85.2. The maximum absolute atomic E-state index is 13.0. The van der Waals surface area contributed by atoms with Crippen LogP contribution in [0.3, 0.4) is 0 Å². The minimum absolute atomic E-state index is 0.149. The molecule has 0 aliphatic heterocycles. The summed E-state index contributed by atoms with van der Waals surface area (Å²) in [5.74, 6) is -4.20. The van der Waals surface area contributed by atoms with Crippen LogP contribution in [0.15, 0.2) is 0 Å². The third-order valence-corrected chi connectivity index (χ3v) is 4.08. The summed E-state index contributed by atoms with van der Waals surface area (Å²) in [7, 11) is 0. The molecule has 1 atom stereocenters. The van der Waals surface area contributed by atoms with Gasteiger partial charge in [0.2, 0.25) is 0 Å². The van der Waals surface area contributed by atoms with E-state index in [1.54, 1.807) is 0 Å². The molecule has 0 aromatic heterocycles. The van der Waals surface area contributed by atoms with E-state index in [9.17, 15) is 35.9 Å². The molecule has 0 aliphatic rings. The van der Waals surface area contributed by atoms with Gasteiger partial charge in [-0.2, -0.15) is 26.3 Å². The van der Waals surface area contributed by atoms with Crippen molar-refractivity contribution >= 4 is 34.5 Å². The molecule has 4 nitrogen and oxygen atoms in total. The van der Waals surface area contributed by atoms with Crippen LogP contribution in [0.5, 0.6) is 0 Å². The van der Waals surface area contributed by atoms with E-state index in [4.69, 9.17) is 0 Å². The summed E-state index contributed by atoms with van der Waals surface area (Å²) in [6.07, 6.45) is -11.9. The standard InChI is InChI=1S/C12H15F6IO4/c1-4-7(19)9(21)22-5-10(11(13,14)15,12(16,17)18)23-8(20)6(2)3/h6-7H,4-5H2,1-3H3. The van der Waals surface area contributed by atoms with Crippen LogP contribution in [-0.4, -0.2) is 40.4 Å². The van der Waals surface area contributed by atoms with Crippen molar-refractivity contribution in [3.8, 4) is 0 Å². The lowest BCUT2D eigenvalue weighted by molar-refractivity contribution is -0.377. The first-order valence-corrected chi connectivity index (χ1v) is 7.61. The van der Waals surface area contributed by atoms with Crippen molar-refractivity contribution in [1.29, 1.82) is 0 Å². The number of carbonyl (C=O) groups excluding carboxylic acids is 2. The zero-order valence-electron chi connectivity index (χ0n) is 12.3. The summed E-state index contributed by atoms with van der Waals surface area (Å²) >= 11 is 1.52. The Bertz CT molecular complexity index is 418. The number of carbonyl (C=O) groups is 2. The first-order chi connectivity index (χ1) is 10.2. The molecule has 1 unspecified atom stereocenters. The predicted molar refractivity (Wildman–Crippen MR) is 74.8 cm³/mol. The molecule has 23 heavy (non-hydrogen) atoms. The van der Waals surface area contributed by atoms with Gasteiger partial charge in [0.25, 0.3) is 0 Å². The highest BCUT2D eigenvalue weighted by Gasteiger charge is 2.75. The average Bonchev–Trinajstić information content (AvgIpc) is 2.38. The SMILES string of the molecule is CCC(I)C(=O)OCC(OC(=O)C(C)C)(C(F)(F)F)C(F)(F)F. The van der Waals surface area contributed by atoms with E-state index in [0.29, 0.717) is 0 Å². The van der Waals surface area contributed by atoms with Gasteiger partial charge in [0.1, 0.15) is 10.5 Å². The lowest BCUT2D eigenvalue weighted by Gasteiger charge is -2.36. The third-order valence-electron chi connectivity index (χ3n) is 2.69. The van der Waals surface area contributed by atoms with Crippen LogP contribution in [0, 0.1) is 5.92 Å². The number of hydrogen-bond acceptors (Lipinski definition) is 4. The Balaban J connectivity index is 5.68. The zero-order chi connectivity index (χ0) is 18.6. The highest BCUT2D eigenvalue weighted by atomic mass is 127. The van der Waals surface area contributed by atoms with Gasteiger partial charge in [0.05, 0.1) is 5.92 Å². The van der Waals surface area contributed by atoms with E-state index in [1.807, 2.05) is 0 Å². The number of alkyl halides is 7. The van der Waals surface area contributed by atoms with Crippen molar-refractivity contribution in [2.45, 2.75) is 49.1 Å². The summed E-state index contributed by atoms with van der Waals surface area (Å²) in [6, 6.07) is 0. The fourth-order valence-electron chi connectivity index (χ4n) is 1.19. The Kier molecular flexibility index (Phi) is 7.62. The van der Waals surface area contributed by atoms with E-state index >= 15 is 0 Å². The van der Waals surface area contributed by atoms with E-state index in [0.717, 1.165) is 13.8 Å². The minimum atomic E-state index is -6.01. The predicted octanol–water partition coefficient (Wildman–Crippen LogP) is 3.81. The Morgan fingerprint density at radius 3 is 1.74 bits per heavy atom. The first-order valence-electron chi connectivity index (χ1n) is 6.36. The molecule has 0 aromatic carbocycles. The van der Waals surface area contributed by atoms with Crippen molar-refractivity contribution < 1.29 is 45.4 Å². The molecule has 0 bridgehead atoms. The van der Waals surface area contributed by atoms with Gasteiger partial charge in [-0.15, -0.1) is 0 Å². The molecule has 0 fully saturated rings. The largest absolute Gasteiger partial charge is 0.460 e. The second kappa shape index (κ2) is 7.88. The summed E-state index contributed by atoms with van der Waals surface area (Å²) in [5, 5.41) is 0. The number of hydrogen-bond donors (Lipinski definition) is 0. The molecular weight excluding hydrogens is 449 g/mol. The molecule has 0 spiro atoms. The van der Waals surface area contributed by atoms with Gasteiger partial charge in [-0.25, -0.2) is 0 Å². The second-order valence-corrected chi connectivity index (χ2v) is 6.39. The van der Waals surface area contributed by atoms with Crippen molar-refractivity contribution in [1.82, 2.24) is 0 Å². The highest BCUT2D eigenvalue weighted by Crippen LogP contribution is 2.46. The van der Waals surface area contributed by atoms with E-state index in [-0.39, 0.29) is 6.42 Å². The van der Waals surface area contributed by atoms with Crippen LogP contribution >= 0.6 is 22.6 Å². The fourth-order valence-corrected chi connectivity index (χ4v) is 1.37. The van der Waals surface area contributed by atoms with Gasteiger partial charge in [0.15, 0.2) is 0 Å². The van der Waals surface area contributed by atoms with Crippen molar-refractivity contribution in [3.63, 3.8) is 0 Å². The fraction of sp³-hybridized carbons (Fsp3) is 0.833. The van der Waals surface area contributed by atoms with Crippen LogP contribution in [0.25, 0.3) is 0 Å². The quantitative estimate of drug-likeness (QED) is 0.260. The molecule has 0 aromatic rings. The first kappa shape index (κ1) is 22.2. The monoisotopic (exact) mass is 464 g/mol. The highest BCUT2D eigenvalue weighted by molar-refractivity contribution is 14.1. The molecule has 136 valence electrons. The molecule has 0 radical (unpaired) electrons.